The lowest BCUT2D eigenvalue weighted by molar-refractivity contribution is 0.221. The van der Waals surface area contributed by atoms with Crippen molar-refractivity contribution in [2.45, 2.75) is 37.6 Å². The summed E-state index contributed by atoms with van der Waals surface area (Å²) in [5, 5.41) is 9.39. The molecule has 2 N–H and O–H groups in total. The summed E-state index contributed by atoms with van der Waals surface area (Å²) in [6.45, 7) is 4.47. The van der Waals surface area contributed by atoms with Gasteiger partial charge in [-0.15, -0.1) is 0 Å². The smallest absolute Gasteiger partial charge is 0.326 e. The van der Waals surface area contributed by atoms with Crippen molar-refractivity contribution in [3.63, 3.8) is 0 Å². The summed E-state index contributed by atoms with van der Waals surface area (Å²) < 4.78 is 1.93. The molecule has 6 heteroatoms. The van der Waals surface area contributed by atoms with Crippen LogP contribution in [0.2, 0.25) is 0 Å². The van der Waals surface area contributed by atoms with Crippen LogP contribution in [0.15, 0.2) is 53.3 Å². The zero-order valence-electron chi connectivity index (χ0n) is 18.6. The van der Waals surface area contributed by atoms with Gasteiger partial charge in [0, 0.05) is 6.04 Å². The largest absolute Gasteiger partial charge is 0.508 e. The van der Waals surface area contributed by atoms with Crippen LogP contribution >= 0.6 is 0 Å². The molecule has 31 heavy (non-hydrogen) atoms. The maximum atomic E-state index is 12.0. The predicted molar refractivity (Wildman–Crippen MR) is 126 cm³/mol. The first kappa shape index (κ1) is 21.7. The van der Waals surface area contributed by atoms with Gasteiger partial charge in [0.2, 0.25) is 0 Å². The average Bonchev–Trinajstić information content (AvgIpc) is 3.11. The molecule has 2 aromatic carbocycles. The Morgan fingerprint density at radius 2 is 1.52 bits per heavy atom. The molecule has 2 saturated heterocycles. The molecule has 0 bridgehead atoms. The quantitative estimate of drug-likeness (QED) is 0.659. The molecule has 6 nitrogen and oxygen atoms in total. The number of likely N-dealkylation sites (tertiary alicyclic amines) is 2. The summed E-state index contributed by atoms with van der Waals surface area (Å²) in [5.41, 5.74) is 3.29. The number of hydrogen-bond donors (Lipinski definition) is 2. The Balaban J connectivity index is 0.000000152. The number of aromatic nitrogens is 2. The van der Waals surface area contributed by atoms with Gasteiger partial charge in [0.25, 0.3) is 0 Å². The van der Waals surface area contributed by atoms with Crippen LogP contribution in [-0.2, 0) is 0 Å². The Kier molecular flexibility index (Phi) is 6.78. The Morgan fingerprint density at radius 1 is 0.871 bits per heavy atom. The molecule has 2 fully saturated rings. The van der Waals surface area contributed by atoms with E-state index in [-0.39, 0.29) is 5.69 Å². The highest BCUT2D eigenvalue weighted by atomic mass is 16.3. The highest BCUT2D eigenvalue weighted by Crippen LogP contribution is 2.29. The number of phenols is 1. The van der Waals surface area contributed by atoms with Crippen LogP contribution in [0.3, 0.4) is 0 Å². The van der Waals surface area contributed by atoms with Crippen molar-refractivity contribution in [2.24, 2.45) is 0 Å². The van der Waals surface area contributed by atoms with Crippen molar-refractivity contribution in [1.29, 1.82) is 0 Å². The molecule has 0 aliphatic carbocycles. The van der Waals surface area contributed by atoms with Crippen molar-refractivity contribution >= 4 is 11.0 Å². The third-order valence-electron chi connectivity index (χ3n) is 6.74. The molecule has 0 saturated carbocycles. The molecule has 166 valence electrons. The first-order chi connectivity index (χ1) is 15.0. The minimum atomic E-state index is 0.0285. The van der Waals surface area contributed by atoms with Crippen molar-refractivity contribution < 1.29 is 5.11 Å². The second-order valence-corrected chi connectivity index (χ2v) is 9.02. The lowest BCUT2D eigenvalue weighted by Gasteiger charge is -2.29. The van der Waals surface area contributed by atoms with Gasteiger partial charge >= 0.3 is 5.69 Å². The number of aromatic amines is 1. The number of fused-ring (bicyclic) bond motifs is 1. The Morgan fingerprint density at radius 3 is 2.19 bits per heavy atom. The van der Waals surface area contributed by atoms with Gasteiger partial charge in [0.05, 0.1) is 11.0 Å². The molecule has 3 heterocycles. The number of benzene rings is 2. The molecular formula is C25H34N4O2. The van der Waals surface area contributed by atoms with Gasteiger partial charge in [-0.05, 0) is 102 Å². The van der Waals surface area contributed by atoms with Crippen molar-refractivity contribution in [3.8, 4) is 5.75 Å². The van der Waals surface area contributed by atoms with E-state index in [4.69, 9.17) is 0 Å². The molecule has 3 aromatic rings. The second kappa shape index (κ2) is 9.71. The lowest BCUT2D eigenvalue weighted by Crippen LogP contribution is -2.34. The fraction of sp³-hybridized carbons (Fsp3) is 0.480. The third kappa shape index (κ3) is 5.20. The normalized spacial score (nSPS) is 19.3. The van der Waals surface area contributed by atoms with Crippen LogP contribution in [0.25, 0.3) is 11.0 Å². The van der Waals surface area contributed by atoms with E-state index >= 15 is 0 Å². The lowest BCUT2D eigenvalue weighted by atomic mass is 9.89. The number of nitrogens with one attached hydrogen (secondary N) is 1. The molecule has 2 aliphatic rings. The zero-order valence-corrected chi connectivity index (χ0v) is 18.6. The number of rotatable bonds is 2. The maximum absolute atomic E-state index is 12.0. The summed E-state index contributed by atoms with van der Waals surface area (Å²) in [7, 11) is 4.30. The summed E-state index contributed by atoms with van der Waals surface area (Å²) in [5.74, 6) is 1.03. The first-order valence-corrected chi connectivity index (χ1v) is 11.4. The highest BCUT2D eigenvalue weighted by Gasteiger charge is 2.21. The van der Waals surface area contributed by atoms with Gasteiger partial charge in [0.15, 0.2) is 0 Å². The van der Waals surface area contributed by atoms with Crippen LogP contribution in [0.4, 0.5) is 0 Å². The SMILES string of the molecule is CN1CCC(c2cccc(O)c2)CC1.CN1CCC(n2c(=O)[nH]c3ccccc32)CC1. The molecule has 5 rings (SSSR count). The number of hydrogen-bond acceptors (Lipinski definition) is 4. The fourth-order valence-corrected chi connectivity index (χ4v) is 4.81. The molecule has 0 atom stereocenters. The number of piperidine rings is 2. The van der Waals surface area contributed by atoms with Crippen molar-refractivity contribution in [2.75, 3.05) is 40.3 Å². The van der Waals surface area contributed by atoms with Gasteiger partial charge in [-0.2, -0.15) is 0 Å². The molecule has 0 unspecified atom stereocenters. The Labute approximate surface area is 184 Å². The number of imidazole rings is 1. The van der Waals surface area contributed by atoms with Gasteiger partial charge in [0.1, 0.15) is 5.75 Å². The summed E-state index contributed by atoms with van der Waals surface area (Å²) in [6, 6.07) is 16.0. The number of aromatic hydroxyl groups is 1. The third-order valence-corrected chi connectivity index (χ3v) is 6.74. The minimum Gasteiger partial charge on any atom is -0.508 e. The zero-order chi connectivity index (χ0) is 21.8. The molecule has 2 aliphatic heterocycles. The summed E-state index contributed by atoms with van der Waals surface area (Å²) in [6.07, 6.45) is 4.52. The van der Waals surface area contributed by atoms with Gasteiger partial charge in [-0.3, -0.25) is 4.57 Å². The Hall–Kier alpha value is -2.57. The highest BCUT2D eigenvalue weighted by molar-refractivity contribution is 5.75. The van der Waals surface area contributed by atoms with E-state index in [1.165, 1.54) is 31.5 Å². The summed E-state index contributed by atoms with van der Waals surface area (Å²) >= 11 is 0. The molecular weight excluding hydrogens is 388 g/mol. The first-order valence-electron chi connectivity index (χ1n) is 11.4. The van der Waals surface area contributed by atoms with Gasteiger partial charge in [-0.1, -0.05) is 24.3 Å². The van der Waals surface area contributed by atoms with E-state index in [1.807, 2.05) is 41.0 Å². The van der Waals surface area contributed by atoms with E-state index < -0.39 is 0 Å². The summed E-state index contributed by atoms with van der Waals surface area (Å²) in [4.78, 5) is 19.6. The fourth-order valence-electron chi connectivity index (χ4n) is 4.81. The monoisotopic (exact) mass is 422 g/mol. The van der Waals surface area contributed by atoms with Crippen LogP contribution in [0, 0.1) is 0 Å². The van der Waals surface area contributed by atoms with Crippen LogP contribution in [-0.4, -0.2) is 64.7 Å². The topological polar surface area (TPSA) is 64.5 Å². The molecule has 0 amide bonds. The van der Waals surface area contributed by atoms with E-state index in [9.17, 15) is 9.90 Å². The van der Waals surface area contributed by atoms with E-state index in [0.29, 0.717) is 17.7 Å². The number of nitrogens with zero attached hydrogens (tertiary/aromatic N) is 3. The predicted octanol–water partition coefficient (Wildman–Crippen LogP) is 3.80. The maximum Gasteiger partial charge on any atom is 0.326 e. The molecule has 0 spiro atoms. The van der Waals surface area contributed by atoms with Crippen molar-refractivity contribution in [1.82, 2.24) is 19.4 Å². The van der Waals surface area contributed by atoms with E-state index in [1.54, 1.807) is 6.07 Å². The van der Waals surface area contributed by atoms with Crippen LogP contribution < -0.4 is 5.69 Å². The molecule has 0 radical (unpaired) electrons. The van der Waals surface area contributed by atoms with Crippen molar-refractivity contribution in [3.05, 3.63) is 64.6 Å². The van der Waals surface area contributed by atoms with Crippen LogP contribution in [0.1, 0.15) is 43.2 Å². The van der Waals surface area contributed by atoms with Gasteiger partial charge in [-0.25, -0.2) is 4.79 Å². The average molecular weight is 423 g/mol. The number of H-pyrrole nitrogens is 1. The van der Waals surface area contributed by atoms with E-state index in [2.05, 4.69) is 34.9 Å². The molecule has 1 aromatic heterocycles. The van der Waals surface area contributed by atoms with Gasteiger partial charge < -0.3 is 19.9 Å². The minimum absolute atomic E-state index is 0.0285. The van der Waals surface area contributed by atoms with E-state index in [0.717, 1.165) is 37.0 Å². The Bertz CT molecular complexity index is 1040. The second-order valence-electron chi connectivity index (χ2n) is 9.02. The number of phenolic OH excluding ortho intramolecular Hbond substituents is 1. The number of para-hydroxylation sites is 2. The standard InChI is InChI=1S/C13H17N3O.C12H17NO/c1-15-8-6-10(7-9-15)16-12-5-3-2-4-11(12)14-13(16)17;1-13-7-5-10(6-8-13)11-3-2-4-12(14)9-11/h2-5,10H,6-9H2,1H3,(H,14,17);2-4,9-10,14H,5-8H2,1H3. The van der Waals surface area contributed by atoms with Crippen LogP contribution in [0.5, 0.6) is 5.75 Å².